The second-order valence-electron chi connectivity index (χ2n) is 5.11. The summed E-state index contributed by atoms with van der Waals surface area (Å²) in [6.45, 7) is 4.07. The van der Waals surface area contributed by atoms with Crippen LogP contribution in [0.15, 0.2) is 18.2 Å². The Kier molecular flexibility index (Phi) is 5.48. The van der Waals surface area contributed by atoms with Gasteiger partial charge in [0.05, 0.1) is 12.4 Å². The van der Waals surface area contributed by atoms with E-state index in [1.54, 1.807) is 14.0 Å². The molecule has 1 atom stereocenters. The van der Waals surface area contributed by atoms with Gasteiger partial charge in [0.15, 0.2) is 0 Å². The number of sulfonamides is 1. The predicted octanol–water partition coefficient (Wildman–Crippen LogP) is 1.86. The number of rotatable bonds is 6. The lowest BCUT2D eigenvalue weighted by molar-refractivity contribution is 0.321. The second kappa shape index (κ2) is 6.96. The maximum atomic E-state index is 12.0. The standard InChI is InChI=1S/C14H21ClN2O3S/c1-3-16-21(18,19)11-7-8-17(9-11)10-12-13(15)5-4-6-14(12)20-2/h4-6,11,16H,3,7-10H2,1-2H3. The summed E-state index contributed by atoms with van der Waals surface area (Å²) in [5.74, 6) is 0.737. The number of likely N-dealkylation sites (tertiary alicyclic amines) is 1. The van der Waals surface area contributed by atoms with Crippen LogP contribution >= 0.6 is 11.6 Å². The van der Waals surface area contributed by atoms with Gasteiger partial charge in [-0.05, 0) is 25.1 Å². The minimum atomic E-state index is -3.22. The van der Waals surface area contributed by atoms with E-state index >= 15 is 0 Å². The van der Waals surface area contributed by atoms with E-state index in [2.05, 4.69) is 9.62 Å². The molecule has 1 unspecified atom stereocenters. The van der Waals surface area contributed by atoms with Gasteiger partial charge >= 0.3 is 0 Å². The minimum absolute atomic E-state index is 0.356. The van der Waals surface area contributed by atoms with Gasteiger partial charge in [-0.1, -0.05) is 24.6 Å². The molecule has 5 nitrogen and oxygen atoms in total. The Morgan fingerprint density at radius 3 is 2.90 bits per heavy atom. The van der Waals surface area contributed by atoms with Crippen LogP contribution in [0.25, 0.3) is 0 Å². The first-order valence-electron chi connectivity index (χ1n) is 7.00. The van der Waals surface area contributed by atoms with E-state index in [-0.39, 0.29) is 5.25 Å². The Hall–Kier alpha value is -0.820. The summed E-state index contributed by atoms with van der Waals surface area (Å²) in [7, 11) is -1.61. The number of ether oxygens (including phenoxy) is 1. The number of nitrogens with zero attached hydrogens (tertiary/aromatic N) is 1. The molecule has 1 fully saturated rings. The maximum Gasteiger partial charge on any atom is 0.215 e. The molecule has 7 heteroatoms. The molecule has 1 aromatic carbocycles. The summed E-state index contributed by atoms with van der Waals surface area (Å²) < 4.78 is 32.0. The molecule has 1 aromatic rings. The fourth-order valence-corrected chi connectivity index (χ4v) is 4.31. The van der Waals surface area contributed by atoms with Crippen LogP contribution in [0.4, 0.5) is 0 Å². The number of benzene rings is 1. The SMILES string of the molecule is CCNS(=O)(=O)C1CCN(Cc2c(Cl)cccc2OC)C1. The molecule has 0 aliphatic carbocycles. The molecule has 1 aliphatic rings. The smallest absolute Gasteiger partial charge is 0.215 e. The summed E-state index contributed by atoms with van der Waals surface area (Å²) in [6.07, 6.45) is 0.641. The molecule has 0 bridgehead atoms. The van der Waals surface area contributed by atoms with Gasteiger partial charge in [-0.2, -0.15) is 0 Å². The van der Waals surface area contributed by atoms with Crippen LogP contribution < -0.4 is 9.46 Å². The molecule has 0 spiro atoms. The molecule has 1 saturated heterocycles. The van der Waals surface area contributed by atoms with E-state index < -0.39 is 10.0 Å². The van der Waals surface area contributed by atoms with Gasteiger partial charge in [-0.3, -0.25) is 4.90 Å². The van der Waals surface area contributed by atoms with Crippen molar-refractivity contribution >= 4 is 21.6 Å². The average molecular weight is 333 g/mol. The van der Waals surface area contributed by atoms with Crippen LogP contribution in [0.3, 0.4) is 0 Å². The molecule has 0 aromatic heterocycles. The maximum absolute atomic E-state index is 12.0. The fraction of sp³-hybridized carbons (Fsp3) is 0.571. The molecular formula is C14H21ClN2O3S. The van der Waals surface area contributed by atoms with E-state index in [9.17, 15) is 8.42 Å². The van der Waals surface area contributed by atoms with Crippen molar-refractivity contribution in [3.63, 3.8) is 0 Å². The van der Waals surface area contributed by atoms with Crippen molar-refractivity contribution in [1.29, 1.82) is 0 Å². The predicted molar refractivity (Wildman–Crippen MR) is 84.3 cm³/mol. The topological polar surface area (TPSA) is 58.6 Å². The molecule has 0 amide bonds. The first-order valence-corrected chi connectivity index (χ1v) is 8.92. The zero-order valence-electron chi connectivity index (χ0n) is 12.3. The van der Waals surface area contributed by atoms with E-state index in [0.717, 1.165) is 17.9 Å². The van der Waals surface area contributed by atoms with E-state index in [1.807, 2.05) is 18.2 Å². The highest BCUT2D eigenvalue weighted by atomic mass is 35.5. The van der Waals surface area contributed by atoms with Gasteiger partial charge in [-0.15, -0.1) is 0 Å². The monoisotopic (exact) mass is 332 g/mol. The Morgan fingerprint density at radius 1 is 1.48 bits per heavy atom. The Labute approximate surface area is 131 Å². The van der Waals surface area contributed by atoms with Gasteiger partial charge in [0.2, 0.25) is 10.0 Å². The molecule has 21 heavy (non-hydrogen) atoms. The van der Waals surface area contributed by atoms with Gasteiger partial charge in [0.25, 0.3) is 0 Å². The number of methoxy groups -OCH3 is 1. The van der Waals surface area contributed by atoms with E-state index in [0.29, 0.717) is 31.1 Å². The number of hydrogen-bond acceptors (Lipinski definition) is 4. The molecule has 118 valence electrons. The van der Waals surface area contributed by atoms with Crippen LogP contribution in [-0.2, 0) is 16.6 Å². The largest absolute Gasteiger partial charge is 0.496 e. The van der Waals surface area contributed by atoms with Crippen molar-refractivity contribution in [2.45, 2.75) is 25.1 Å². The first-order chi connectivity index (χ1) is 9.97. The zero-order valence-corrected chi connectivity index (χ0v) is 13.9. The van der Waals surface area contributed by atoms with Gasteiger partial charge in [0, 0.05) is 30.2 Å². The van der Waals surface area contributed by atoms with Gasteiger partial charge in [0.1, 0.15) is 5.75 Å². The lowest BCUT2D eigenvalue weighted by atomic mass is 10.2. The lowest BCUT2D eigenvalue weighted by Gasteiger charge is -2.19. The quantitative estimate of drug-likeness (QED) is 0.864. The highest BCUT2D eigenvalue weighted by molar-refractivity contribution is 7.90. The zero-order chi connectivity index (χ0) is 15.5. The Morgan fingerprint density at radius 2 is 2.24 bits per heavy atom. The van der Waals surface area contributed by atoms with Crippen molar-refractivity contribution in [2.75, 3.05) is 26.7 Å². The van der Waals surface area contributed by atoms with Crippen LogP contribution in [0, 0.1) is 0 Å². The number of halogens is 1. The Bertz CT molecular complexity index is 592. The summed E-state index contributed by atoms with van der Waals surface area (Å²) >= 11 is 6.23. The molecule has 1 heterocycles. The minimum Gasteiger partial charge on any atom is -0.496 e. The molecular weight excluding hydrogens is 312 g/mol. The van der Waals surface area contributed by atoms with Gasteiger partial charge < -0.3 is 4.74 Å². The third-order valence-corrected chi connectivity index (χ3v) is 6.00. The second-order valence-corrected chi connectivity index (χ2v) is 7.56. The summed E-state index contributed by atoms with van der Waals surface area (Å²) in [5, 5.41) is 0.290. The van der Waals surface area contributed by atoms with Crippen molar-refractivity contribution in [1.82, 2.24) is 9.62 Å². The molecule has 1 aliphatic heterocycles. The highest BCUT2D eigenvalue weighted by Crippen LogP contribution is 2.29. The van der Waals surface area contributed by atoms with E-state index in [4.69, 9.17) is 16.3 Å². The normalized spacial score (nSPS) is 19.9. The van der Waals surface area contributed by atoms with Gasteiger partial charge in [-0.25, -0.2) is 13.1 Å². The number of hydrogen-bond donors (Lipinski definition) is 1. The van der Waals surface area contributed by atoms with Crippen LogP contribution in [0.2, 0.25) is 5.02 Å². The average Bonchev–Trinajstić information content (AvgIpc) is 2.90. The fourth-order valence-electron chi connectivity index (χ4n) is 2.62. The van der Waals surface area contributed by atoms with E-state index in [1.165, 1.54) is 0 Å². The van der Waals surface area contributed by atoms with Crippen LogP contribution in [0.5, 0.6) is 5.75 Å². The summed E-state index contributed by atoms with van der Waals surface area (Å²) in [6, 6.07) is 5.53. The first kappa shape index (κ1) is 16.5. The lowest BCUT2D eigenvalue weighted by Crippen LogP contribution is -2.36. The number of nitrogens with one attached hydrogen (secondary N) is 1. The van der Waals surface area contributed by atoms with Crippen molar-refractivity contribution in [3.8, 4) is 5.75 Å². The Balaban J connectivity index is 2.07. The third kappa shape index (κ3) is 3.88. The van der Waals surface area contributed by atoms with Crippen molar-refractivity contribution in [2.24, 2.45) is 0 Å². The molecule has 1 N–H and O–H groups in total. The third-order valence-electron chi connectivity index (χ3n) is 3.69. The summed E-state index contributed by atoms with van der Waals surface area (Å²) in [5.41, 5.74) is 0.906. The molecule has 2 rings (SSSR count). The highest BCUT2D eigenvalue weighted by Gasteiger charge is 2.32. The van der Waals surface area contributed by atoms with Crippen molar-refractivity contribution < 1.29 is 13.2 Å². The molecule has 0 saturated carbocycles. The van der Waals surface area contributed by atoms with Crippen LogP contribution in [-0.4, -0.2) is 45.3 Å². The van der Waals surface area contributed by atoms with Crippen molar-refractivity contribution in [3.05, 3.63) is 28.8 Å². The summed E-state index contributed by atoms with van der Waals surface area (Å²) in [4.78, 5) is 2.10. The van der Waals surface area contributed by atoms with Crippen LogP contribution in [0.1, 0.15) is 18.9 Å². The molecule has 0 radical (unpaired) electrons.